The Morgan fingerprint density at radius 3 is 2.34 bits per heavy atom. The van der Waals surface area contributed by atoms with E-state index in [4.69, 9.17) is 5.26 Å². The molecule has 0 fully saturated rings. The van der Waals surface area contributed by atoms with E-state index in [0.717, 1.165) is 5.56 Å². The summed E-state index contributed by atoms with van der Waals surface area (Å²) in [6, 6.07) is 24.9. The summed E-state index contributed by atoms with van der Waals surface area (Å²) in [6.45, 7) is 1.92. The summed E-state index contributed by atoms with van der Waals surface area (Å²) in [6.07, 6.45) is 0. The van der Waals surface area contributed by atoms with Gasteiger partial charge in [0.15, 0.2) is 0 Å². The number of rotatable bonds is 5. The van der Waals surface area contributed by atoms with Crippen molar-refractivity contribution >= 4 is 17.5 Å². The van der Waals surface area contributed by atoms with E-state index in [-0.39, 0.29) is 17.9 Å². The molecule has 5 heteroatoms. The van der Waals surface area contributed by atoms with E-state index in [0.29, 0.717) is 22.4 Å². The second-order valence-electron chi connectivity index (χ2n) is 6.73. The summed E-state index contributed by atoms with van der Waals surface area (Å²) in [4.78, 5) is 26.8. The Morgan fingerprint density at radius 2 is 1.62 bits per heavy atom. The standard InChI is InChI=1S/C24H21N3O2/c1-17(27(2)24(29)21-12-6-8-18(14-21)16-25)20-11-7-13-22(15-20)26-23(28)19-9-4-3-5-10-19/h3-15,17H,1-2H3,(H,26,28)/t17-/m0/s1. The van der Waals surface area contributed by atoms with Crippen molar-refractivity contribution in [1.82, 2.24) is 4.90 Å². The van der Waals surface area contributed by atoms with Gasteiger partial charge in [-0.25, -0.2) is 0 Å². The summed E-state index contributed by atoms with van der Waals surface area (Å²) in [5.74, 6) is -0.360. The van der Waals surface area contributed by atoms with Gasteiger partial charge in [0.25, 0.3) is 11.8 Å². The highest BCUT2D eigenvalue weighted by Gasteiger charge is 2.19. The zero-order valence-electron chi connectivity index (χ0n) is 16.3. The maximum Gasteiger partial charge on any atom is 0.255 e. The first-order chi connectivity index (χ1) is 14.0. The van der Waals surface area contributed by atoms with Crippen molar-refractivity contribution in [2.75, 3.05) is 12.4 Å². The van der Waals surface area contributed by atoms with E-state index in [1.54, 1.807) is 48.3 Å². The number of carbonyl (C=O) groups excluding carboxylic acids is 2. The molecule has 0 saturated heterocycles. The van der Waals surface area contributed by atoms with E-state index in [1.165, 1.54) is 0 Å². The highest BCUT2D eigenvalue weighted by molar-refractivity contribution is 6.04. The molecular formula is C24H21N3O2. The zero-order chi connectivity index (χ0) is 20.8. The number of benzene rings is 3. The van der Waals surface area contributed by atoms with Crippen LogP contribution in [0.5, 0.6) is 0 Å². The largest absolute Gasteiger partial charge is 0.335 e. The maximum atomic E-state index is 12.8. The van der Waals surface area contributed by atoms with Crippen molar-refractivity contribution in [2.24, 2.45) is 0 Å². The molecule has 29 heavy (non-hydrogen) atoms. The third-order valence-corrected chi connectivity index (χ3v) is 4.80. The van der Waals surface area contributed by atoms with Gasteiger partial charge >= 0.3 is 0 Å². The molecule has 2 amide bonds. The molecule has 144 valence electrons. The van der Waals surface area contributed by atoms with Gasteiger partial charge in [-0.2, -0.15) is 5.26 Å². The van der Waals surface area contributed by atoms with Crippen LogP contribution < -0.4 is 5.32 Å². The highest BCUT2D eigenvalue weighted by Crippen LogP contribution is 2.24. The first kappa shape index (κ1) is 19.8. The summed E-state index contributed by atoms with van der Waals surface area (Å²) < 4.78 is 0. The van der Waals surface area contributed by atoms with E-state index in [1.807, 2.05) is 49.4 Å². The van der Waals surface area contributed by atoms with Crippen LogP contribution >= 0.6 is 0 Å². The summed E-state index contributed by atoms with van der Waals surface area (Å²) in [5, 5.41) is 11.9. The van der Waals surface area contributed by atoms with Crippen molar-refractivity contribution in [2.45, 2.75) is 13.0 Å². The molecule has 0 bridgehead atoms. The molecule has 3 aromatic rings. The molecule has 3 aromatic carbocycles. The molecule has 0 unspecified atom stereocenters. The van der Waals surface area contributed by atoms with Crippen LogP contribution in [0, 0.1) is 11.3 Å². The second-order valence-corrected chi connectivity index (χ2v) is 6.73. The number of carbonyl (C=O) groups is 2. The van der Waals surface area contributed by atoms with Crippen LogP contribution in [-0.2, 0) is 0 Å². The molecule has 0 heterocycles. The van der Waals surface area contributed by atoms with E-state index < -0.39 is 0 Å². The van der Waals surface area contributed by atoms with Crippen LogP contribution in [0.3, 0.4) is 0 Å². The lowest BCUT2D eigenvalue weighted by molar-refractivity contribution is 0.0742. The van der Waals surface area contributed by atoms with Gasteiger partial charge in [-0.1, -0.05) is 36.4 Å². The lowest BCUT2D eigenvalue weighted by Gasteiger charge is -2.26. The molecule has 0 aliphatic rings. The molecule has 0 radical (unpaired) electrons. The van der Waals surface area contributed by atoms with Gasteiger partial charge in [-0.3, -0.25) is 9.59 Å². The van der Waals surface area contributed by atoms with Gasteiger partial charge in [0, 0.05) is 23.9 Å². The van der Waals surface area contributed by atoms with Crippen LogP contribution in [0.2, 0.25) is 0 Å². The van der Waals surface area contributed by atoms with Crippen molar-refractivity contribution in [1.29, 1.82) is 5.26 Å². The Hall–Kier alpha value is -3.91. The summed E-state index contributed by atoms with van der Waals surface area (Å²) >= 11 is 0. The predicted octanol–water partition coefficient (Wildman–Crippen LogP) is 4.64. The average molecular weight is 383 g/mol. The zero-order valence-corrected chi connectivity index (χ0v) is 16.3. The van der Waals surface area contributed by atoms with Crippen LogP contribution in [-0.4, -0.2) is 23.8 Å². The Labute approximate surface area is 170 Å². The normalized spacial score (nSPS) is 11.2. The monoisotopic (exact) mass is 383 g/mol. The second kappa shape index (κ2) is 8.85. The number of anilines is 1. The smallest absolute Gasteiger partial charge is 0.255 e. The third kappa shape index (κ3) is 4.69. The van der Waals surface area contributed by atoms with Gasteiger partial charge in [0.2, 0.25) is 0 Å². The highest BCUT2D eigenvalue weighted by atomic mass is 16.2. The maximum absolute atomic E-state index is 12.8. The Morgan fingerprint density at radius 1 is 0.931 bits per heavy atom. The number of nitriles is 1. The Bertz CT molecular complexity index is 1070. The van der Waals surface area contributed by atoms with Crippen LogP contribution in [0.25, 0.3) is 0 Å². The molecule has 0 spiro atoms. The SMILES string of the molecule is C[C@@H](c1cccc(NC(=O)c2ccccc2)c1)N(C)C(=O)c1cccc(C#N)c1. The van der Waals surface area contributed by atoms with Crippen LogP contribution in [0.4, 0.5) is 5.69 Å². The average Bonchev–Trinajstić information content (AvgIpc) is 2.78. The minimum atomic E-state index is -0.221. The van der Waals surface area contributed by atoms with Crippen molar-refractivity contribution in [3.05, 3.63) is 101 Å². The first-order valence-electron chi connectivity index (χ1n) is 9.23. The number of nitrogens with one attached hydrogen (secondary N) is 1. The molecule has 3 rings (SSSR count). The quantitative estimate of drug-likeness (QED) is 0.697. The van der Waals surface area contributed by atoms with E-state index in [2.05, 4.69) is 11.4 Å². The lowest BCUT2D eigenvalue weighted by atomic mass is 10.0. The molecule has 1 atom stereocenters. The molecule has 0 aliphatic carbocycles. The number of amides is 2. The molecule has 0 aliphatic heterocycles. The fourth-order valence-corrected chi connectivity index (χ4v) is 2.99. The van der Waals surface area contributed by atoms with Crippen LogP contribution in [0.1, 0.15) is 44.8 Å². The topological polar surface area (TPSA) is 73.2 Å². The summed E-state index contributed by atoms with van der Waals surface area (Å²) in [7, 11) is 1.72. The van der Waals surface area contributed by atoms with Gasteiger partial charge < -0.3 is 10.2 Å². The van der Waals surface area contributed by atoms with Gasteiger partial charge in [0.05, 0.1) is 17.7 Å². The predicted molar refractivity (Wildman–Crippen MR) is 113 cm³/mol. The number of hydrogen-bond donors (Lipinski definition) is 1. The van der Waals surface area contributed by atoms with Gasteiger partial charge in [-0.05, 0) is 55.0 Å². The number of hydrogen-bond acceptors (Lipinski definition) is 3. The molecule has 1 N–H and O–H groups in total. The van der Waals surface area contributed by atoms with Gasteiger partial charge in [-0.15, -0.1) is 0 Å². The fourth-order valence-electron chi connectivity index (χ4n) is 2.99. The van der Waals surface area contributed by atoms with Crippen molar-refractivity contribution < 1.29 is 9.59 Å². The van der Waals surface area contributed by atoms with E-state index >= 15 is 0 Å². The van der Waals surface area contributed by atoms with Gasteiger partial charge in [0.1, 0.15) is 0 Å². The minimum Gasteiger partial charge on any atom is -0.335 e. The molecule has 5 nitrogen and oxygen atoms in total. The molecule has 0 aromatic heterocycles. The van der Waals surface area contributed by atoms with Crippen molar-refractivity contribution in [3.8, 4) is 6.07 Å². The number of nitrogens with zero attached hydrogens (tertiary/aromatic N) is 2. The van der Waals surface area contributed by atoms with E-state index in [9.17, 15) is 9.59 Å². The summed E-state index contributed by atoms with van der Waals surface area (Å²) in [5.41, 5.74) is 3.05. The fraction of sp³-hybridized carbons (Fsp3) is 0.125. The van der Waals surface area contributed by atoms with Crippen molar-refractivity contribution in [3.63, 3.8) is 0 Å². The van der Waals surface area contributed by atoms with Crippen LogP contribution in [0.15, 0.2) is 78.9 Å². The minimum absolute atomic E-state index is 0.173. The lowest BCUT2D eigenvalue weighted by Crippen LogP contribution is -2.29. The molecule has 0 saturated carbocycles. The Balaban J connectivity index is 1.76. The Kier molecular flexibility index (Phi) is 6.06. The molecular weight excluding hydrogens is 362 g/mol. The third-order valence-electron chi connectivity index (χ3n) is 4.80. The first-order valence-corrected chi connectivity index (χ1v) is 9.23.